The van der Waals surface area contributed by atoms with Crippen molar-refractivity contribution >= 4 is 5.91 Å². The second kappa shape index (κ2) is 6.97. The highest BCUT2D eigenvalue weighted by Crippen LogP contribution is 2.21. The summed E-state index contributed by atoms with van der Waals surface area (Å²) in [6.45, 7) is 3.83. The molecule has 1 aliphatic rings. The molecule has 0 spiro atoms. The van der Waals surface area contributed by atoms with Crippen molar-refractivity contribution in [3.8, 4) is 0 Å². The summed E-state index contributed by atoms with van der Waals surface area (Å²) in [5.41, 5.74) is 0. The Morgan fingerprint density at radius 2 is 1.88 bits per heavy atom. The molecule has 0 aromatic carbocycles. The van der Waals surface area contributed by atoms with Gasteiger partial charge in [-0.1, -0.05) is 12.8 Å². The Bertz CT molecular complexity index is 237. The fraction of sp³-hybridized carbons (Fsp3) is 0.923. The lowest BCUT2D eigenvalue weighted by molar-refractivity contribution is -0.130. The predicted molar refractivity (Wildman–Crippen MR) is 71.0 cm³/mol. The molecule has 0 radical (unpaired) electrons. The number of hydrogen-bond donors (Lipinski definition) is 1. The Kier molecular flexibility index (Phi) is 5.92. The fourth-order valence-corrected chi connectivity index (χ4v) is 2.46. The van der Waals surface area contributed by atoms with Gasteiger partial charge in [-0.3, -0.25) is 4.79 Å². The first-order valence-corrected chi connectivity index (χ1v) is 6.67. The van der Waals surface area contributed by atoms with Gasteiger partial charge in [-0.25, -0.2) is 0 Å². The normalized spacial score (nSPS) is 18.6. The van der Waals surface area contributed by atoms with Crippen LogP contribution in [0.15, 0.2) is 0 Å². The molecule has 100 valence electrons. The van der Waals surface area contributed by atoms with Crippen LogP contribution in [0.5, 0.6) is 0 Å². The van der Waals surface area contributed by atoms with Gasteiger partial charge >= 0.3 is 0 Å². The van der Waals surface area contributed by atoms with Crippen molar-refractivity contribution < 1.29 is 4.79 Å². The van der Waals surface area contributed by atoms with E-state index >= 15 is 0 Å². The van der Waals surface area contributed by atoms with Crippen LogP contribution in [0.25, 0.3) is 0 Å². The van der Waals surface area contributed by atoms with Crippen LogP contribution in [-0.4, -0.2) is 62.0 Å². The molecule has 0 aromatic heterocycles. The lowest BCUT2D eigenvalue weighted by Gasteiger charge is -2.25. The molecule has 1 saturated carbocycles. The number of carbonyl (C=O) groups excluding carboxylic acids is 1. The summed E-state index contributed by atoms with van der Waals surface area (Å²) in [5.74, 6) is 0.147. The summed E-state index contributed by atoms with van der Waals surface area (Å²) in [6.07, 6.45) is 5.42. The van der Waals surface area contributed by atoms with Crippen LogP contribution in [0.3, 0.4) is 0 Å². The van der Waals surface area contributed by atoms with E-state index in [1.54, 1.807) is 19.0 Å². The van der Waals surface area contributed by atoms with E-state index in [-0.39, 0.29) is 11.9 Å². The summed E-state index contributed by atoms with van der Waals surface area (Å²) in [4.78, 5) is 15.7. The van der Waals surface area contributed by atoms with Gasteiger partial charge in [0.1, 0.15) is 0 Å². The molecule has 0 heterocycles. The second-order valence-electron chi connectivity index (χ2n) is 5.33. The Morgan fingerprint density at radius 3 is 2.41 bits per heavy atom. The van der Waals surface area contributed by atoms with Gasteiger partial charge in [-0.05, 0) is 26.8 Å². The fourth-order valence-electron chi connectivity index (χ4n) is 2.46. The standard InChI is InChI=1S/C13H27N3O/c1-11(13(17)15(2)3)14-9-10-16(4)12-7-5-6-8-12/h11-12,14H,5-10H2,1-4H3. The predicted octanol–water partition coefficient (Wildman–Crippen LogP) is 0.927. The molecular weight excluding hydrogens is 214 g/mol. The average Bonchev–Trinajstić information content (AvgIpc) is 2.80. The molecule has 4 heteroatoms. The van der Waals surface area contributed by atoms with E-state index in [1.807, 2.05) is 6.92 Å². The molecule has 0 saturated heterocycles. The molecule has 0 aliphatic heterocycles. The van der Waals surface area contributed by atoms with Crippen LogP contribution >= 0.6 is 0 Å². The monoisotopic (exact) mass is 241 g/mol. The zero-order valence-corrected chi connectivity index (χ0v) is 11.7. The largest absolute Gasteiger partial charge is 0.347 e. The van der Waals surface area contributed by atoms with Gasteiger partial charge in [0, 0.05) is 33.2 Å². The third kappa shape index (κ3) is 4.64. The molecule has 0 aromatic rings. The van der Waals surface area contributed by atoms with Gasteiger partial charge in [-0.2, -0.15) is 0 Å². The molecule has 1 unspecified atom stereocenters. The van der Waals surface area contributed by atoms with Crippen molar-refractivity contribution in [2.45, 2.75) is 44.7 Å². The van der Waals surface area contributed by atoms with Gasteiger partial charge in [-0.15, -0.1) is 0 Å². The van der Waals surface area contributed by atoms with Crippen LogP contribution in [0.2, 0.25) is 0 Å². The van der Waals surface area contributed by atoms with Gasteiger partial charge in [0.2, 0.25) is 5.91 Å². The maximum absolute atomic E-state index is 11.6. The summed E-state index contributed by atoms with van der Waals surface area (Å²) < 4.78 is 0. The minimum absolute atomic E-state index is 0.0815. The van der Waals surface area contributed by atoms with Gasteiger partial charge in [0.05, 0.1) is 6.04 Å². The zero-order valence-electron chi connectivity index (χ0n) is 11.7. The number of nitrogens with zero attached hydrogens (tertiary/aromatic N) is 2. The highest BCUT2D eigenvalue weighted by atomic mass is 16.2. The molecule has 17 heavy (non-hydrogen) atoms. The molecule has 1 rings (SSSR count). The van der Waals surface area contributed by atoms with E-state index in [0.29, 0.717) is 0 Å². The van der Waals surface area contributed by atoms with Crippen molar-refractivity contribution in [1.82, 2.24) is 15.1 Å². The second-order valence-corrected chi connectivity index (χ2v) is 5.33. The van der Waals surface area contributed by atoms with Crippen LogP contribution in [-0.2, 0) is 4.79 Å². The minimum atomic E-state index is -0.0815. The molecular formula is C13H27N3O. The topological polar surface area (TPSA) is 35.6 Å². The maximum Gasteiger partial charge on any atom is 0.238 e. The molecule has 1 atom stereocenters. The van der Waals surface area contributed by atoms with Crippen LogP contribution in [0, 0.1) is 0 Å². The average molecular weight is 241 g/mol. The first-order valence-electron chi connectivity index (χ1n) is 6.67. The zero-order chi connectivity index (χ0) is 12.8. The maximum atomic E-state index is 11.6. The summed E-state index contributed by atoms with van der Waals surface area (Å²) in [6, 6.07) is 0.679. The van der Waals surface area contributed by atoms with E-state index in [2.05, 4.69) is 17.3 Å². The minimum Gasteiger partial charge on any atom is -0.347 e. The molecule has 0 bridgehead atoms. The van der Waals surface area contributed by atoms with E-state index in [1.165, 1.54) is 25.7 Å². The van der Waals surface area contributed by atoms with Gasteiger partial charge in [0.25, 0.3) is 0 Å². The Labute approximate surface area is 105 Å². The third-order valence-corrected chi connectivity index (χ3v) is 3.67. The highest BCUT2D eigenvalue weighted by molar-refractivity contribution is 5.80. The van der Waals surface area contributed by atoms with Crippen molar-refractivity contribution in [2.75, 3.05) is 34.2 Å². The Balaban J connectivity index is 2.16. The third-order valence-electron chi connectivity index (χ3n) is 3.67. The summed E-state index contributed by atoms with van der Waals surface area (Å²) in [5, 5.41) is 3.29. The number of hydrogen-bond acceptors (Lipinski definition) is 3. The van der Waals surface area contributed by atoms with Gasteiger partial charge < -0.3 is 15.1 Å². The van der Waals surface area contributed by atoms with Crippen LogP contribution in [0.1, 0.15) is 32.6 Å². The van der Waals surface area contributed by atoms with Crippen molar-refractivity contribution in [1.29, 1.82) is 0 Å². The van der Waals surface area contributed by atoms with Crippen molar-refractivity contribution in [3.63, 3.8) is 0 Å². The van der Waals surface area contributed by atoms with Crippen molar-refractivity contribution in [2.24, 2.45) is 0 Å². The first-order chi connectivity index (χ1) is 8.02. The Hall–Kier alpha value is -0.610. The number of likely N-dealkylation sites (N-methyl/N-ethyl adjacent to an activating group) is 2. The number of amides is 1. The molecule has 1 N–H and O–H groups in total. The lowest BCUT2D eigenvalue weighted by Crippen LogP contribution is -2.44. The number of rotatable bonds is 6. The molecule has 1 amide bonds. The van der Waals surface area contributed by atoms with Crippen molar-refractivity contribution in [3.05, 3.63) is 0 Å². The summed E-state index contributed by atoms with van der Waals surface area (Å²) >= 11 is 0. The van der Waals surface area contributed by atoms with E-state index in [9.17, 15) is 4.79 Å². The summed E-state index contributed by atoms with van der Waals surface area (Å²) in [7, 11) is 5.78. The van der Waals surface area contributed by atoms with Crippen LogP contribution in [0.4, 0.5) is 0 Å². The highest BCUT2D eigenvalue weighted by Gasteiger charge is 2.19. The van der Waals surface area contributed by atoms with E-state index in [4.69, 9.17) is 0 Å². The van der Waals surface area contributed by atoms with Crippen LogP contribution < -0.4 is 5.32 Å². The van der Waals surface area contributed by atoms with E-state index < -0.39 is 0 Å². The quantitative estimate of drug-likeness (QED) is 0.751. The molecule has 4 nitrogen and oxygen atoms in total. The smallest absolute Gasteiger partial charge is 0.238 e. The SMILES string of the molecule is CC(NCCN(C)C1CCCC1)C(=O)N(C)C. The molecule has 1 fully saturated rings. The van der Waals surface area contributed by atoms with Gasteiger partial charge in [0.15, 0.2) is 0 Å². The Morgan fingerprint density at radius 1 is 1.29 bits per heavy atom. The molecule has 1 aliphatic carbocycles. The number of carbonyl (C=O) groups is 1. The first kappa shape index (κ1) is 14.5. The number of nitrogens with one attached hydrogen (secondary N) is 1. The van der Waals surface area contributed by atoms with E-state index in [0.717, 1.165) is 19.1 Å². The lowest BCUT2D eigenvalue weighted by atomic mass is 10.2.